The van der Waals surface area contributed by atoms with Gasteiger partial charge in [-0.05, 0) is 17.5 Å². The van der Waals surface area contributed by atoms with Gasteiger partial charge in [0.15, 0.2) is 5.82 Å². The van der Waals surface area contributed by atoms with E-state index in [1.807, 2.05) is 24.3 Å². The molecule has 0 bridgehead atoms. The van der Waals surface area contributed by atoms with Crippen molar-refractivity contribution in [3.63, 3.8) is 0 Å². The topological polar surface area (TPSA) is 123 Å². The normalized spacial score (nSPS) is 12.9. The Labute approximate surface area is 166 Å². The van der Waals surface area contributed by atoms with Crippen molar-refractivity contribution in [1.82, 2.24) is 19.9 Å². The molecular formula is C21H17N5O3. The molecule has 0 radical (unpaired) electrons. The number of nitrogens with one attached hydrogen (secondary N) is 1. The van der Waals surface area contributed by atoms with Crippen LogP contribution in [0.4, 0.5) is 0 Å². The first-order valence-electron chi connectivity index (χ1n) is 9.07. The number of rotatable bonds is 3. The molecule has 1 amide bonds. The maximum Gasteiger partial charge on any atom is 0.254 e. The molecule has 0 unspecified atom stereocenters. The van der Waals surface area contributed by atoms with Gasteiger partial charge in [0.1, 0.15) is 17.5 Å². The van der Waals surface area contributed by atoms with Gasteiger partial charge in [0.05, 0.1) is 12.0 Å². The summed E-state index contributed by atoms with van der Waals surface area (Å²) in [5.74, 6) is -0.331. The van der Waals surface area contributed by atoms with E-state index in [4.69, 9.17) is 5.26 Å². The van der Waals surface area contributed by atoms with Crippen molar-refractivity contribution in [2.45, 2.75) is 19.4 Å². The summed E-state index contributed by atoms with van der Waals surface area (Å²) in [4.78, 5) is 37.5. The summed E-state index contributed by atoms with van der Waals surface area (Å²) in [5, 5.41) is 18.8. The Bertz CT molecular complexity index is 1200. The van der Waals surface area contributed by atoms with Gasteiger partial charge in [0.2, 0.25) is 5.91 Å². The van der Waals surface area contributed by atoms with E-state index in [-0.39, 0.29) is 40.7 Å². The van der Waals surface area contributed by atoms with Crippen LogP contribution < -0.4 is 5.56 Å². The summed E-state index contributed by atoms with van der Waals surface area (Å²) in [6.07, 6.45) is 3.33. The molecule has 1 aromatic carbocycles. The van der Waals surface area contributed by atoms with Gasteiger partial charge in [-0.15, -0.1) is 0 Å². The molecule has 8 nitrogen and oxygen atoms in total. The molecule has 2 N–H and O–H groups in total. The summed E-state index contributed by atoms with van der Waals surface area (Å²) in [7, 11) is 0. The number of hydrogen-bond donors (Lipinski definition) is 2. The van der Waals surface area contributed by atoms with Gasteiger partial charge in [0.25, 0.3) is 5.56 Å². The SMILES string of the molecule is N#Cc1cnc(-c2ncc(CC(=O)N3CCc4ccccc4C3)c(=O)[nH]2)c(O)c1. The molecule has 0 atom stereocenters. The van der Waals surface area contributed by atoms with Crippen molar-refractivity contribution in [3.05, 3.63) is 75.3 Å². The number of aromatic nitrogens is 3. The van der Waals surface area contributed by atoms with Crippen molar-refractivity contribution in [2.24, 2.45) is 0 Å². The van der Waals surface area contributed by atoms with E-state index < -0.39 is 5.56 Å². The Hall–Kier alpha value is -3.99. The highest BCUT2D eigenvalue weighted by Crippen LogP contribution is 2.24. The molecule has 0 fully saturated rings. The van der Waals surface area contributed by atoms with Gasteiger partial charge < -0.3 is 15.0 Å². The Morgan fingerprint density at radius 3 is 2.76 bits per heavy atom. The number of carbonyl (C=O) groups is 1. The molecule has 144 valence electrons. The number of amides is 1. The molecule has 0 spiro atoms. The third-order valence-electron chi connectivity index (χ3n) is 4.92. The van der Waals surface area contributed by atoms with Crippen LogP contribution >= 0.6 is 0 Å². The lowest BCUT2D eigenvalue weighted by molar-refractivity contribution is -0.131. The second-order valence-corrected chi connectivity index (χ2v) is 6.80. The first-order valence-corrected chi connectivity index (χ1v) is 9.07. The zero-order chi connectivity index (χ0) is 20.4. The molecular weight excluding hydrogens is 370 g/mol. The fourth-order valence-electron chi connectivity index (χ4n) is 3.35. The van der Waals surface area contributed by atoms with E-state index in [2.05, 4.69) is 21.0 Å². The smallest absolute Gasteiger partial charge is 0.254 e. The average molecular weight is 387 g/mol. The summed E-state index contributed by atoms with van der Waals surface area (Å²) < 4.78 is 0. The average Bonchev–Trinajstić information content (AvgIpc) is 2.74. The summed E-state index contributed by atoms with van der Waals surface area (Å²) in [5.41, 5.74) is 2.40. The van der Waals surface area contributed by atoms with Crippen molar-refractivity contribution in [1.29, 1.82) is 5.26 Å². The van der Waals surface area contributed by atoms with Crippen LogP contribution in [-0.2, 0) is 24.2 Å². The predicted octanol–water partition coefficient (Wildman–Crippen LogP) is 1.54. The molecule has 1 aliphatic heterocycles. The maximum atomic E-state index is 12.7. The lowest BCUT2D eigenvalue weighted by Gasteiger charge is -2.28. The fourth-order valence-corrected chi connectivity index (χ4v) is 3.35. The summed E-state index contributed by atoms with van der Waals surface area (Å²) in [6, 6.07) is 11.1. The molecule has 2 aromatic heterocycles. The summed E-state index contributed by atoms with van der Waals surface area (Å²) in [6.45, 7) is 1.14. The first kappa shape index (κ1) is 18.4. The quantitative estimate of drug-likeness (QED) is 0.703. The number of fused-ring (bicyclic) bond motifs is 1. The van der Waals surface area contributed by atoms with E-state index in [0.29, 0.717) is 13.1 Å². The molecule has 8 heteroatoms. The van der Waals surface area contributed by atoms with E-state index in [0.717, 1.165) is 12.0 Å². The van der Waals surface area contributed by atoms with E-state index >= 15 is 0 Å². The molecule has 0 saturated carbocycles. The van der Waals surface area contributed by atoms with E-state index in [1.54, 1.807) is 4.90 Å². The van der Waals surface area contributed by atoms with Gasteiger partial charge in [0, 0.05) is 37.1 Å². The van der Waals surface area contributed by atoms with Crippen LogP contribution in [0.3, 0.4) is 0 Å². The standard InChI is InChI=1S/C21H17N5O3/c22-9-13-7-17(27)19(23-10-13)20-24-11-16(21(29)25-20)8-18(28)26-6-5-14-3-1-2-4-15(14)12-26/h1-4,7,10-11,27H,5-6,8,12H2,(H,24,25,29). The van der Waals surface area contributed by atoms with Gasteiger partial charge in [-0.3, -0.25) is 9.59 Å². The minimum Gasteiger partial charge on any atom is -0.505 e. The van der Waals surface area contributed by atoms with Crippen LogP contribution in [0, 0.1) is 11.3 Å². The minimum atomic E-state index is -0.466. The number of pyridine rings is 1. The van der Waals surface area contributed by atoms with Gasteiger partial charge in [-0.2, -0.15) is 5.26 Å². The number of aromatic amines is 1. The molecule has 4 rings (SSSR count). The number of nitrogens with zero attached hydrogens (tertiary/aromatic N) is 4. The zero-order valence-electron chi connectivity index (χ0n) is 15.4. The highest BCUT2D eigenvalue weighted by atomic mass is 16.3. The van der Waals surface area contributed by atoms with Crippen LogP contribution in [-0.4, -0.2) is 37.4 Å². The molecule has 3 aromatic rings. The van der Waals surface area contributed by atoms with Crippen LogP contribution in [0.5, 0.6) is 5.75 Å². The molecule has 0 aliphatic carbocycles. The Morgan fingerprint density at radius 1 is 1.24 bits per heavy atom. The van der Waals surface area contributed by atoms with Gasteiger partial charge >= 0.3 is 0 Å². The van der Waals surface area contributed by atoms with Gasteiger partial charge in [-0.1, -0.05) is 24.3 Å². The molecule has 0 saturated heterocycles. The summed E-state index contributed by atoms with van der Waals surface area (Å²) >= 11 is 0. The second kappa shape index (κ2) is 7.56. The third-order valence-corrected chi connectivity index (χ3v) is 4.92. The van der Waals surface area contributed by atoms with E-state index in [1.165, 1.54) is 24.0 Å². The van der Waals surface area contributed by atoms with Crippen molar-refractivity contribution >= 4 is 5.91 Å². The third kappa shape index (κ3) is 3.71. The number of aromatic hydroxyl groups is 1. The fraction of sp³-hybridized carbons (Fsp3) is 0.190. The highest BCUT2D eigenvalue weighted by molar-refractivity contribution is 5.79. The number of hydrogen-bond acceptors (Lipinski definition) is 6. The predicted molar refractivity (Wildman–Crippen MR) is 104 cm³/mol. The lowest BCUT2D eigenvalue weighted by Crippen LogP contribution is -2.37. The number of benzene rings is 1. The molecule has 3 heterocycles. The van der Waals surface area contributed by atoms with E-state index in [9.17, 15) is 14.7 Å². The largest absolute Gasteiger partial charge is 0.505 e. The van der Waals surface area contributed by atoms with Crippen LogP contribution in [0.25, 0.3) is 11.5 Å². The van der Waals surface area contributed by atoms with Crippen LogP contribution in [0.15, 0.2) is 47.5 Å². The zero-order valence-corrected chi connectivity index (χ0v) is 15.4. The van der Waals surface area contributed by atoms with Crippen molar-refractivity contribution in [3.8, 4) is 23.3 Å². The number of nitriles is 1. The van der Waals surface area contributed by atoms with Crippen LogP contribution in [0.2, 0.25) is 0 Å². The maximum absolute atomic E-state index is 12.7. The Morgan fingerprint density at radius 2 is 2.03 bits per heavy atom. The second-order valence-electron chi connectivity index (χ2n) is 6.80. The number of H-pyrrole nitrogens is 1. The molecule has 29 heavy (non-hydrogen) atoms. The van der Waals surface area contributed by atoms with Crippen molar-refractivity contribution < 1.29 is 9.90 Å². The highest BCUT2D eigenvalue weighted by Gasteiger charge is 2.21. The number of carbonyl (C=O) groups excluding carboxylic acids is 1. The van der Waals surface area contributed by atoms with Gasteiger partial charge in [-0.25, -0.2) is 9.97 Å². The lowest BCUT2D eigenvalue weighted by atomic mass is 9.99. The van der Waals surface area contributed by atoms with Crippen molar-refractivity contribution in [2.75, 3.05) is 6.54 Å². The first-order chi connectivity index (χ1) is 14.0. The Kier molecular flexibility index (Phi) is 4.79. The Balaban J connectivity index is 1.51. The molecule has 1 aliphatic rings. The minimum absolute atomic E-state index is 0.0580. The van der Waals surface area contributed by atoms with Crippen LogP contribution in [0.1, 0.15) is 22.3 Å². The monoisotopic (exact) mass is 387 g/mol.